The molecule has 0 bridgehead atoms. The molecule has 1 aliphatic rings. The maximum atomic E-state index is 3.68. The molecule has 1 nitrogen and oxygen atoms in total. The second-order valence-electron chi connectivity index (χ2n) is 6.32. The van der Waals surface area contributed by atoms with E-state index in [1.165, 1.54) is 29.3 Å². The summed E-state index contributed by atoms with van der Waals surface area (Å²) in [5.74, 6) is 1.46. The molecule has 0 saturated carbocycles. The molecule has 2 aromatic rings. The van der Waals surface area contributed by atoms with Crippen LogP contribution in [-0.4, -0.2) is 6.54 Å². The number of nitrogens with one attached hydrogen (secondary N) is 1. The van der Waals surface area contributed by atoms with E-state index >= 15 is 0 Å². The summed E-state index contributed by atoms with van der Waals surface area (Å²) in [4.78, 5) is 0. The third-order valence-electron chi connectivity index (χ3n) is 4.34. The van der Waals surface area contributed by atoms with Gasteiger partial charge in [-0.1, -0.05) is 58.8 Å². The molecule has 2 unspecified atom stereocenters. The van der Waals surface area contributed by atoms with Crippen LogP contribution in [-0.2, 0) is 0 Å². The maximum Gasteiger partial charge on any atom is 0.0420 e. The van der Waals surface area contributed by atoms with Gasteiger partial charge >= 0.3 is 0 Å². The van der Waals surface area contributed by atoms with Gasteiger partial charge in [-0.25, -0.2) is 0 Å². The normalized spacial score (nSPS) is 22.1. The van der Waals surface area contributed by atoms with Crippen molar-refractivity contribution in [1.29, 1.82) is 0 Å². The minimum Gasteiger partial charge on any atom is -0.384 e. The lowest BCUT2D eigenvalue weighted by Gasteiger charge is -2.26. The van der Waals surface area contributed by atoms with Gasteiger partial charge in [0.05, 0.1) is 0 Å². The van der Waals surface area contributed by atoms with E-state index in [2.05, 4.69) is 77.6 Å². The standard InChI is InChI=1S/C19H22BrN/c1-13-9-14(2)11-15(10-13)12-21-19-8-7-18(20)16-5-3-4-6-17(16)19/h3-9,13,15,21H,10-12H2,1-2H3. The van der Waals surface area contributed by atoms with Gasteiger partial charge in [-0.15, -0.1) is 0 Å². The van der Waals surface area contributed by atoms with Crippen LogP contribution in [0.15, 0.2) is 52.5 Å². The SMILES string of the molecule is CC1=CC(C)CC(CNc2ccc(Br)c3ccccc23)C1. The Hall–Kier alpha value is -1.28. The number of hydrogen-bond acceptors (Lipinski definition) is 1. The first-order valence-electron chi connectivity index (χ1n) is 7.72. The van der Waals surface area contributed by atoms with Crippen LogP contribution in [0.4, 0.5) is 5.69 Å². The van der Waals surface area contributed by atoms with Gasteiger partial charge in [-0.3, -0.25) is 0 Å². The summed E-state index contributed by atoms with van der Waals surface area (Å²) in [6.07, 6.45) is 4.94. The van der Waals surface area contributed by atoms with Crippen molar-refractivity contribution in [2.45, 2.75) is 26.7 Å². The van der Waals surface area contributed by atoms with Crippen molar-refractivity contribution in [1.82, 2.24) is 0 Å². The molecule has 0 aromatic heterocycles. The van der Waals surface area contributed by atoms with Gasteiger partial charge in [0.15, 0.2) is 0 Å². The number of allylic oxidation sites excluding steroid dienone is 2. The average molecular weight is 344 g/mol. The number of fused-ring (bicyclic) bond motifs is 1. The van der Waals surface area contributed by atoms with Crippen LogP contribution in [0.3, 0.4) is 0 Å². The third kappa shape index (κ3) is 3.32. The number of benzene rings is 2. The van der Waals surface area contributed by atoms with E-state index in [0.29, 0.717) is 5.92 Å². The van der Waals surface area contributed by atoms with Crippen LogP contribution >= 0.6 is 15.9 Å². The highest BCUT2D eigenvalue weighted by Crippen LogP contribution is 2.32. The molecular weight excluding hydrogens is 322 g/mol. The van der Waals surface area contributed by atoms with Gasteiger partial charge < -0.3 is 5.32 Å². The van der Waals surface area contributed by atoms with Crippen molar-refractivity contribution >= 4 is 32.4 Å². The predicted molar refractivity (Wildman–Crippen MR) is 95.8 cm³/mol. The Bertz CT molecular complexity index is 674. The van der Waals surface area contributed by atoms with Crippen molar-refractivity contribution in [2.24, 2.45) is 11.8 Å². The van der Waals surface area contributed by atoms with E-state index in [4.69, 9.17) is 0 Å². The zero-order valence-corrected chi connectivity index (χ0v) is 14.3. The molecule has 2 aromatic carbocycles. The van der Waals surface area contributed by atoms with Crippen molar-refractivity contribution in [3.63, 3.8) is 0 Å². The molecule has 0 amide bonds. The molecule has 21 heavy (non-hydrogen) atoms. The monoisotopic (exact) mass is 343 g/mol. The predicted octanol–water partition coefficient (Wildman–Crippen LogP) is 6.01. The lowest BCUT2D eigenvalue weighted by Crippen LogP contribution is -2.20. The molecule has 0 radical (unpaired) electrons. The summed E-state index contributed by atoms with van der Waals surface area (Å²) in [6.45, 7) is 5.64. The summed E-state index contributed by atoms with van der Waals surface area (Å²) >= 11 is 3.64. The highest BCUT2D eigenvalue weighted by atomic mass is 79.9. The van der Waals surface area contributed by atoms with Crippen molar-refractivity contribution in [3.05, 3.63) is 52.5 Å². The summed E-state index contributed by atoms with van der Waals surface area (Å²) in [5, 5.41) is 6.25. The lowest BCUT2D eigenvalue weighted by molar-refractivity contribution is 0.421. The van der Waals surface area contributed by atoms with Gasteiger partial charge in [-0.05, 0) is 49.1 Å². The Morgan fingerprint density at radius 2 is 1.90 bits per heavy atom. The third-order valence-corrected chi connectivity index (χ3v) is 5.03. The smallest absolute Gasteiger partial charge is 0.0420 e. The first kappa shape index (κ1) is 14.6. The minimum absolute atomic E-state index is 0.715. The number of anilines is 1. The summed E-state index contributed by atoms with van der Waals surface area (Å²) in [6, 6.07) is 12.9. The topological polar surface area (TPSA) is 12.0 Å². The van der Waals surface area contributed by atoms with Gasteiger partial charge in [0.1, 0.15) is 0 Å². The van der Waals surface area contributed by atoms with Crippen LogP contribution in [0.1, 0.15) is 26.7 Å². The molecule has 0 fully saturated rings. The van der Waals surface area contributed by atoms with Gasteiger partial charge in [-0.2, -0.15) is 0 Å². The minimum atomic E-state index is 0.715. The Morgan fingerprint density at radius 1 is 1.14 bits per heavy atom. The van der Waals surface area contributed by atoms with Crippen molar-refractivity contribution in [2.75, 3.05) is 11.9 Å². The average Bonchev–Trinajstić information content (AvgIpc) is 2.46. The Morgan fingerprint density at radius 3 is 2.67 bits per heavy atom. The Balaban J connectivity index is 1.77. The molecule has 0 heterocycles. The molecule has 0 saturated heterocycles. The molecule has 2 heteroatoms. The van der Waals surface area contributed by atoms with E-state index < -0.39 is 0 Å². The highest BCUT2D eigenvalue weighted by Gasteiger charge is 2.18. The van der Waals surface area contributed by atoms with Crippen LogP contribution in [0.5, 0.6) is 0 Å². The number of rotatable bonds is 3. The largest absolute Gasteiger partial charge is 0.384 e. The second-order valence-corrected chi connectivity index (χ2v) is 7.17. The molecule has 1 aliphatic carbocycles. The van der Waals surface area contributed by atoms with E-state index in [0.717, 1.165) is 16.9 Å². The lowest BCUT2D eigenvalue weighted by atomic mass is 9.83. The van der Waals surface area contributed by atoms with Crippen LogP contribution in [0.25, 0.3) is 10.8 Å². The summed E-state index contributed by atoms with van der Waals surface area (Å²) in [5.41, 5.74) is 2.79. The van der Waals surface area contributed by atoms with E-state index in [1.807, 2.05) is 0 Å². The Labute approximate surface area is 135 Å². The van der Waals surface area contributed by atoms with E-state index in [1.54, 1.807) is 5.57 Å². The van der Waals surface area contributed by atoms with Gasteiger partial charge in [0.2, 0.25) is 0 Å². The molecule has 0 spiro atoms. The van der Waals surface area contributed by atoms with E-state index in [-0.39, 0.29) is 0 Å². The first-order valence-corrected chi connectivity index (χ1v) is 8.51. The van der Waals surface area contributed by atoms with Crippen LogP contribution < -0.4 is 5.32 Å². The zero-order valence-electron chi connectivity index (χ0n) is 12.7. The number of halogens is 1. The molecule has 110 valence electrons. The van der Waals surface area contributed by atoms with E-state index in [9.17, 15) is 0 Å². The first-order chi connectivity index (χ1) is 10.1. The fourth-order valence-corrected chi connectivity index (χ4v) is 3.99. The van der Waals surface area contributed by atoms with Crippen LogP contribution in [0.2, 0.25) is 0 Å². The Kier molecular flexibility index (Phi) is 4.34. The van der Waals surface area contributed by atoms with Crippen LogP contribution in [0, 0.1) is 11.8 Å². The molecule has 3 rings (SSSR count). The molecule has 1 N–H and O–H groups in total. The van der Waals surface area contributed by atoms with Gasteiger partial charge in [0.25, 0.3) is 0 Å². The maximum absolute atomic E-state index is 3.68. The summed E-state index contributed by atoms with van der Waals surface area (Å²) in [7, 11) is 0. The van der Waals surface area contributed by atoms with Gasteiger partial charge in [0, 0.05) is 22.1 Å². The highest BCUT2D eigenvalue weighted by molar-refractivity contribution is 9.10. The zero-order chi connectivity index (χ0) is 14.8. The second kappa shape index (κ2) is 6.23. The number of hydrogen-bond donors (Lipinski definition) is 1. The van der Waals surface area contributed by atoms with Crippen molar-refractivity contribution < 1.29 is 0 Å². The molecule has 2 atom stereocenters. The fourth-order valence-electron chi connectivity index (χ4n) is 3.51. The quantitative estimate of drug-likeness (QED) is 0.673. The van der Waals surface area contributed by atoms with Crippen molar-refractivity contribution in [3.8, 4) is 0 Å². The summed E-state index contributed by atoms with van der Waals surface area (Å²) < 4.78 is 1.16. The molecule has 0 aliphatic heterocycles. The fraction of sp³-hybridized carbons (Fsp3) is 0.368. The molecular formula is C19H22BrN.